The minimum absolute atomic E-state index is 0.0340. The highest BCUT2D eigenvalue weighted by Crippen LogP contribution is 2.14. The molecule has 4 N–H and O–H groups in total. The molecule has 1 atom stereocenters. The maximum absolute atomic E-state index is 11.6. The molecule has 1 aromatic rings. The van der Waals surface area contributed by atoms with Gasteiger partial charge in [0, 0.05) is 28.8 Å². The molecule has 0 spiro atoms. The van der Waals surface area contributed by atoms with Crippen LogP contribution in [0.25, 0.3) is 0 Å². The zero-order chi connectivity index (χ0) is 12.7. The fourth-order valence-corrected chi connectivity index (χ4v) is 2.06. The van der Waals surface area contributed by atoms with E-state index < -0.39 is 0 Å². The summed E-state index contributed by atoms with van der Waals surface area (Å²) in [4.78, 5) is 11.6. The van der Waals surface area contributed by atoms with E-state index in [4.69, 9.17) is 10.8 Å². The third-order valence-corrected chi connectivity index (χ3v) is 3.32. The second-order valence-corrected chi connectivity index (χ2v) is 5.33. The minimum atomic E-state index is -0.0340. The Labute approximate surface area is 106 Å². The Hall–Kier alpha value is -1.20. The monoisotopic (exact) mass is 254 g/mol. The van der Waals surface area contributed by atoms with Gasteiger partial charge in [-0.3, -0.25) is 4.79 Å². The summed E-state index contributed by atoms with van der Waals surface area (Å²) in [6.07, 6.45) is 0.434. The van der Waals surface area contributed by atoms with E-state index in [2.05, 4.69) is 5.32 Å². The molecule has 5 heteroatoms. The van der Waals surface area contributed by atoms with E-state index in [1.165, 1.54) is 0 Å². The first-order chi connectivity index (χ1) is 8.11. The Kier molecular flexibility index (Phi) is 5.86. The van der Waals surface area contributed by atoms with Gasteiger partial charge in [-0.25, -0.2) is 0 Å². The minimum Gasteiger partial charge on any atom is -0.399 e. The van der Waals surface area contributed by atoms with Crippen molar-refractivity contribution in [1.82, 2.24) is 0 Å². The van der Waals surface area contributed by atoms with Crippen LogP contribution in [0.5, 0.6) is 0 Å². The van der Waals surface area contributed by atoms with Crippen LogP contribution in [0.2, 0.25) is 0 Å². The number of rotatable bonds is 6. The van der Waals surface area contributed by atoms with Gasteiger partial charge in [0.25, 0.3) is 0 Å². The molecular weight excluding hydrogens is 236 g/mol. The van der Waals surface area contributed by atoms with Crippen molar-refractivity contribution in [1.29, 1.82) is 0 Å². The van der Waals surface area contributed by atoms with Crippen LogP contribution < -0.4 is 11.1 Å². The lowest BCUT2D eigenvalue weighted by molar-refractivity contribution is -0.115. The normalized spacial score (nSPS) is 12.1. The Morgan fingerprint density at radius 2 is 2.35 bits per heavy atom. The van der Waals surface area contributed by atoms with Crippen molar-refractivity contribution in [2.75, 3.05) is 23.4 Å². The van der Waals surface area contributed by atoms with Gasteiger partial charge in [-0.05, 0) is 18.2 Å². The smallest absolute Gasteiger partial charge is 0.225 e. The highest BCUT2D eigenvalue weighted by Gasteiger charge is 2.05. The van der Waals surface area contributed by atoms with Crippen LogP contribution in [0.1, 0.15) is 13.3 Å². The maximum atomic E-state index is 11.6. The van der Waals surface area contributed by atoms with Gasteiger partial charge in [0.2, 0.25) is 5.91 Å². The van der Waals surface area contributed by atoms with Crippen molar-refractivity contribution in [3.05, 3.63) is 24.3 Å². The molecule has 0 aliphatic rings. The molecule has 0 aliphatic carbocycles. The molecule has 17 heavy (non-hydrogen) atoms. The fraction of sp³-hybridized carbons (Fsp3) is 0.417. The number of anilines is 2. The summed E-state index contributed by atoms with van der Waals surface area (Å²) < 4.78 is 0. The summed E-state index contributed by atoms with van der Waals surface area (Å²) in [5.74, 6) is 0.670. The number of hydrogen-bond acceptors (Lipinski definition) is 4. The Balaban J connectivity index is 2.30. The topological polar surface area (TPSA) is 75.3 Å². The second-order valence-electron chi connectivity index (χ2n) is 3.79. The van der Waals surface area contributed by atoms with Gasteiger partial charge >= 0.3 is 0 Å². The average Bonchev–Trinajstić information content (AvgIpc) is 2.28. The van der Waals surface area contributed by atoms with Crippen molar-refractivity contribution in [2.24, 2.45) is 0 Å². The highest BCUT2D eigenvalue weighted by molar-refractivity contribution is 7.99. The van der Waals surface area contributed by atoms with Crippen molar-refractivity contribution in [2.45, 2.75) is 18.6 Å². The zero-order valence-corrected chi connectivity index (χ0v) is 10.7. The molecule has 4 nitrogen and oxygen atoms in total. The van der Waals surface area contributed by atoms with E-state index in [1.807, 2.05) is 6.92 Å². The summed E-state index contributed by atoms with van der Waals surface area (Å²) >= 11 is 1.58. The molecule has 1 rings (SSSR count). The van der Waals surface area contributed by atoms with Gasteiger partial charge in [0.05, 0.1) is 6.61 Å². The standard InChI is InChI=1S/C12H18N2O2S/c1-9(8-15)17-6-5-12(16)14-11-4-2-3-10(13)7-11/h2-4,7,9,15H,5-6,8,13H2,1H3,(H,14,16). The molecule has 94 valence electrons. The van der Waals surface area contributed by atoms with Gasteiger partial charge < -0.3 is 16.2 Å². The average molecular weight is 254 g/mol. The number of thioether (sulfide) groups is 1. The van der Waals surface area contributed by atoms with E-state index in [0.717, 1.165) is 5.69 Å². The summed E-state index contributed by atoms with van der Waals surface area (Å²) in [7, 11) is 0. The lowest BCUT2D eigenvalue weighted by atomic mass is 10.3. The predicted molar refractivity (Wildman–Crippen MR) is 73.1 cm³/mol. The SMILES string of the molecule is CC(CO)SCCC(=O)Nc1cccc(N)c1. The third kappa shape index (κ3) is 5.60. The zero-order valence-electron chi connectivity index (χ0n) is 9.85. The molecular formula is C12H18N2O2S. The number of hydrogen-bond donors (Lipinski definition) is 3. The Bertz CT molecular complexity index is 371. The Morgan fingerprint density at radius 1 is 1.59 bits per heavy atom. The first kappa shape index (κ1) is 13.9. The van der Waals surface area contributed by atoms with Crippen LogP contribution in [0.15, 0.2) is 24.3 Å². The first-order valence-electron chi connectivity index (χ1n) is 5.49. The summed E-state index contributed by atoms with van der Waals surface area (Å²) in [6.45, 7) is 2.07. The number of carbonyl (C=O) groups excluding carboxylic acids is 1. The molecule has 1 aromatic carbocycles. The van der Waals surface area contributed by atoms with Crippen LogP contribution >= 0.6 is 11.8 Å². The number of nitrogen functional groups attached to an aromatic ring is 1. The van der Waals surface area contributed by atoms with Crippen molar-refractivity contribution in [3.8, 4) is 0 Å². The molecule has 0 bridgehead atoms. The lowest BCUT2D eigenvalue weighted by Crippen LogP contribution is -2.13. The van der Waals surface area contributed by atoms with Crippen LogP contribution in [0, 0.1) is 0 Å². The molecule has 0 saturated heterocycles. The molecule has 1 amide bonds. The lowest BCUT2D eigenvalue weighted by Gasteiger charge is -2.08. The van der Waals surface area contributed by atoms with Crippen molar-refractivity contribution < 1.29 is 9.90 Å². The van der Waals surface area contributed by atoms with E-state index in [1.54, 1.807) is 36.0 Å². The largest absolute Gasteiger partial charge is 0.399 e. The molecule has 0 heterocycles. The summed E-state index contributed by atoms with van der Waals surface area (Å²) in [6, 6.07) is 7.10. The molecule has 1 unspecified atom stereocenters. The molecule has 0 saturated carbocycles. The van der Waals surface area contributed by atoms with E-state index >= 15 is 0 Å². The van der Waals surface area contributed by atoms with Crippen LogP contribution in [-0.2, 0) is 4.79 Å². The fourth-order valence-electron chi connectivity index (χ4n) is 1.25. The van der Waals surface area contributed by atoms with Crippen molar-refractivity contribution >= 4 is 29.0 Å². The number of aliphatic hydroxyl groups excluding tert-OH is 1. The van der Waals surface area contributed by atoms with Crippen LogP contribution in [0.3, 0.4) is 0 Å². The van der Waals surface area contributed by atoms with E-state index in [-0.39, 0.29) is 17.8 Å². The van der Waals surface area contributed by atoms with Crippen LogP contribution in [-0.4, -0.2) is 28.6 Å². The quantitative estimate of drug-likeness (QED) is 0.676. The summed E-state index contributed by atoms with van der Waals surface area (Å²) in [5, 5.41) is 11.8. The highest BCUT2D eigenvalue weighted by atomic mass is 32.2. The number of aliphatic hydroxyl groups is 1. The van der Waals surface area contributed by atoms with Crippen LogP contribution in [0.4, 0.5) is 11.4 Å². The first-order valence-corrected chi connectivity index (χ1v) is 6.54. The van der Waals surface area contributed by atoms with Gasteiger partial charge in [-0.1, -0.05) is 13.0 Å². The molecule has 0 radical (unpaired) electrons. The van der Waals surface area contributed by atoms with Crippen molar-refractivity contribution in [3.63, 3.8) is 0 Å². The van der Waals surface area contributed by atoms with E-state index in [0.29, 0.717) is 17.9 Å². The number of amides is 1. The van der Waals surface area contributed by atoms with E-state index in [9.17, 15) is 4.79 Å². The van der Waals surface area contributed by atoms with Gasteiger partial charge in [0.1, 0.15) is 0 Å². The predicted octanol–water partition coefficient (Wildman–Crippen LogP) is 1.71. The van der Waals surface area contributed by atoms with Gasteiger partial charge in [0.15, 0.2) is 0 Å². The number of nitrogens with one attached hydrogen (secondary N) is 1. The molecule has 0 aliphatic heterocycles. The Morgan fingerprint density at radius 3 is 3.00 bits per heavy atom. The molecule has 0 aromatic heterocycles. The third-order valence-electron chi connectivity index (χ3n) is 2.16. The van der Waals surface area contributed by atoms with Gasteiger partial charge in [-0.2, -0.15) is 11.8 Å². The number of carbonyl (C=O) groups is 1. The molecule has 0 fully saturated rings. The summed E-state index contributed by atoms with van der Waals surface area (Å²) in [5.41, 5.74) is 6.96. The number of nitrogens with two attached hydrogens (primary N) is 1. The second kappa shape index (κ2) is 7.19. The number of benzene rings is 1. The van der Waals surface area contributed by atoms with Gasteiger partial charge in [-0.15, -0.1) is 0 Å². The maximum Gasteiger partial charge on any atom is 0.225 e.